The summed E-state index contributed by atoms with van der Waals surface area (Å²) >= 11 is 0. The Hall–Kier alpha value is -4.66. The number of methoxy groups -OCH3 is 3. The zero-order valence-electron chi connectivity index (χ0n) is 18.6. The summed E-state index contributed by atoms with van der Waals surface area (Å²) in [5.74, 6) is 0.244. The Kier molecular flexibility index (Phi) is 7.60. The Morgan fingerprint density at radius 1 is 0.853 bits per heavy atom. The summed E-state index contributed by atoms with van der Waals surface area (Å²) in [4.78, 5) is 35.4. The highest BCUT2D eigenvalue weighted by Gasteiger charge is 2.18. The van der Waals surface area contributed by atoms with E-state index in [4.69, 9.17) is 18.9 Å². The number of carbonyl (C=O) groups excluding carboxylic acids is 2. The van der Waals surface area contributed by atoms with Crippen LogP contribution in [0.4, 0.5) is 5.69 Å². The molecular weight excluding hydrogens is 442 g/mol. The molecule has 0 aliphatic rings. The number of hydrogen-bond acceptors (Lipinski definition) is 8. The van der Waals surface area contributed by atoms with E-state index >= 15 is 0 Å². The second-order valence-corrected chi connectivity index (χ2v) is 6.88. The summed E-state index contributed by atoms with van der Waals surface area (Å²) in [7, 11) is 4.34. The molecule has 3 aromatic rings. The highest BCUT2D eigenvalue weighted by Crippen LogP contribution is 2.38. The van der Waals surface area contributed by atoms with Gasteiger partial charge in [0.2, 0.25) is 5.75 Å². The minimum Gasteiger partial charge on any atom is -0.493 e. The van der Waals surface area contributed by atoms with Crippen molar-refractivity contribution in [3.8, 4) is 23.0 Å². The first-order valence-corrected chi connectivity index (χ1v) is 9.95. The highest BCUT2D eigenvalue weighted by molar-refractivity contribution is 6.07. The van der Waals surface area contributed by atoms with Crippen LogP contribution in [0.25, 0.3) is 6.08 Å². The normalized spacial score (nSPS) is 10.6. The van der Waals surface area contributed by atoms with Gasteiger partial charge in [0.05, 0.1) is 31.8 Å². The predicted molar refractivity (Wildman–Crippen MR) is 124 cm³/mol. The minimum absolute atomic E-state index is 0.0622. The number of nitrogens with zero attached hydrogens (tertiary/aromatic N) is 1. The molecule has 3 aromatic carbocycles. The lowest BCUT2D eigenvalue weighted by molar-refractivity contribution is -0.384. The summed E-state index contributed by atoms with van der Waals surface area (Å²) in [6.07, 6.45) is 2.81. The van der Waals surface area contributed by atoms with Crippen LogP contribution in [0, 0.1) is 10.1 Å². The van der Waals surface area contributed by atoms with E-state index in [2.05, 4.69) is 0 Å². The number of rotatable bonds is 9. The fourth-order valence-electron chi connectivity index (χ4n) is 3.06. The molecule has 0 N–H and O–H groups in total. The molecule has 3 rings (SSSR count). The average Bonchev–Trinajstić information content (AvgIpc) is 2.86. The molecule has 0 aliphatic carbocycles. The standard InChI is InChI=1S/C25H21NO8/c1-31-22-14-18(15-23(32-2)24(22)33-3)25(28)34-20-10-8-17(9-11-20)21(27)12-7-16-5-4-6-19(13-16)26(29)30/h4-15H,1-3H3. The number of benzene rings is 3. The van der Waals surface area contributed by atoms with Gasteiger partial charge < -0.3 is 18.9 Å². The van der Waals surface area contributed by atoms with Gasteiger partial charge in [0.1, 0.15) is 5.75 Å². The zero-order chi connectivity index (χ0) is 24.7. The van der Waals surface area contributed by atoms with E-state index in [0.717, 1.165) is 0 Å². The molecule has 0 saturated heterocycles. The number of esters is 1. The third-order valence-corrected chi connectivity index (χ3v) is 4.76. The largest absolute Gasteiger partial charge is 0.493 e. The fourth-order valence-corrected chi connectivity index (χ4v) is 3.06. The molecule has 0 unspecified atom stereocenters. The number of carbonyl (C=O) groups is 2. The molecule has 0 amide bonds. The lowest BCUT2D eigenvalue weighted by atomic mass is 10.1. The number of hydrogen-bond donors (Lipinski definition) is 0. The smallest absolute Gasteiger partial charge is 0.343 e. The van der Waals surface area contributed by atoms with E-state index in [1.807, 2.05) is 0 Å². The molecule has 0 aromatic heterocycles. The molecule has 0 aliphatic heterocycles. The molecule has 0 radical (unpaired) electrons. The van der Waals surface area contributed by atoms with Gasteiger partial charge in [-0.3, -0.25) is 14.9 Å². The van der Waals surface area contributed by atoms with Crippen molar-refractivity contribution in [2.45, 2.75) is 0 Å². The second kappa shape index (κ2) is 10.8. The van der Waals surface area contributed by atoms with Crippen LogP contribution in [-0.2, 0) is 0 Å². The van der Waals surface area contributed by atoms with Crippen molar-refractivity contribution in [2.75, 3.05) is 21.3 Å². The van der Waals surface area contributed by atoms with Crippen LogP contribution in [0.5, 0.6) is 23.0 Å². The van der Waals surface area contributed by atoms with Gasteiger partial charge >= 0.3 is 5.97 Å². The number of nitro benzene ring substituents is 1. The molecule has 34 heavy (non-hydrogen) atoms. The van der Waals surface area contributed by atoms with Crippen LogP contribution in [0.15, 0.2) is 66.7 Å². The van der Waals surface area contributed by atoms with E-state index < -0.39 is 10.9 Å². The lowest BCUT2D eigenvalue weighted by Crippen LogP contribution is -2.10. The van der Waals surface area contributed by atoms with Crippen molar-refractivity contribution in [2.24, 2.45) is 0 Å². The first-order valence-electron chi connectivity index (χ1n) is 9.95. The maximum Gasteiger partial charge on any atom is 0.343 e. The molecule has 9 nitrogen and oxygen atoms in total. The molecule has 0 fully saturated rings. The zero-order valence-corrected chi connectivity index (χ0v) is 18.6. The van der Waals surface area contributed by atoms with Crippen LogP contribution >= 0.6 is 0 Å². The number of ketones is 1. The summed E-state index contributed by atoms with van der Waals surface area (Å²) in [6, 6.07) is 14.9. The van der Waals surface area contributed by atoms with Crippen LogP contribution in [0.1, 0.15) is 26.3 Å². The van der Waals surface area contributed by atoms with Crippen molar-refractivity contribution in [3.63, 3.8) is 0 Å². The van der Waals surface area contributed by atoms with Crippen LogP contribution < -0.4 is 18.9 Å². The van der Waals surface area contributed by atoms with Crippen molar-refractivity contribution in [1.82, 2.24) is 0 Å². The monoisotopic (exact) mass is 463 g/mol. The quantitative estimate of drug-likeness (QED) is 0.112. The number of nitro groups is 1. The number of allylic oxidation sites excluding steroid dienone is 1. The van der Waals surface area contributed by atoms with E-state index in [1.54, 1.807) is 12.1 Å². The van der Waals surface area contributed by atoms with Gasteiger partial charge in [-0.1, -0.05) is 18.2 Å². The maximum absolute atomic E-state index is 12.6. The Morgan fingerprint density at radius 2 is 1.50 bits per heavy atom. The van der Waals surface area contributed by atoms with Crippen molar-refractivity contribution in [3.05, 3.63) is 93.5 Å². The van der Waals surface area contributed by atoms with Gasteiger partial charge in [0, 0.05) is 17.7 Å². The molecule has 0 atom stereocenters. The third-order valence-electron chi connectivity index (χ3n) is 4.76. The number of ether oxygens (including phenoxy) is 4. The topological polar surface area (TPSA) is 114 Å². The minimum atomic E-state index is -0.649. The van der Waals surface area contributed by atoms with Gasteiger partial charge in [0.15, 0.2) is 17.3 Å². The van der Waals surface area contributed by atoms with Gasteiger partial charge in [0.25, 0.3) is 5.69 Å². The molecular formula is C25H21NO8. The summed E-state index contributed by atoms with van der Waals surface area (Å²) in [6.45, 7) is 0. The van der Waals surface area contributed by atoms with E-state index in [9.17, 15) is 19.7 Å². The summed E-state index contributed by atoms with van der Waals surface area (Å²) in [5.41, 5.74) is 1.01. The molecule has 0 bridgehead atoms. The van der Waals surface area contributed by atoms with E-state index in [-0.39, 0.29) is 22.8 Å². The van der Waals surface area contributed by atoms with Crippen LogP contribution in [0.3, 0.4) is 0 Å². The third kappa shape index (κ3) is 5.57. The fraction of sp³-hybridized carbons (Fsp3) is 0.120. The highest BCUT2D eigenvalue weighted by atomic mass is 16.6. The van der Waals surface area contributed by atoms with Crippen molar-refractivity contribution in [1.29, 1.82) is 0 Å². The van der Waals surface area contributed by atoms with Crippen LogP contribution in [-0.4, -0.2) is 38.0 Å². The average molecular weight is 463 g/mol. The SMILES string of the molecule is COc1cc(C(=O)Oc2ccc(C(=O)C=Cc3cccc([N+](=O)[O-])c3)cc2)cc(OC)c1OC. The number of non-ortho nitro benzene ring substituents is 1. The van der Waals surface area contributed by atoms with Crippen molar-refractivity contribution < 1.29 is 33.5 Å². The second-order valence-electron chi connectivity index (χ2n) is 6.88. The molecule has 0 heterocycles. The summed E-state index contributed by atoms with van der Waals surface area (Å²) < 4.78 is 21.1. The Labute approximate surface area is 195 Å². The predicted octanol–water partition coefficient (Wildman–Crippen LogP) is 4.74. The Morgan fingerprint density at radius 3 is 2.06 bits per heavy atom. The summed E-state index contributed by atoms with van der Waals surface area (Å²) in [5, 5.41) is 10.9. The lowest BCUT2D eigenvalue weighted by Gasteiger charge is -2.13. The Bertz CT molecular complexity index is 1220. The van der Waals surface area contributed by atoms with Crippen LogP contribution in [0.2, 0.25) is 0 Å². The first kappa shape index (κ1) is 24.0. The maximum atomic E-state index is 12.6. The molecule has 174 valence electrons. The molecule has 0 saturated carbocycles. The van der Waals surface area contributed by atoms with E-state index in [1.165, 1.54) is 82.0 Å². The van der Waals surface area contributed by atoms with Gasteiger partial charge in [-0.25, -0.2) is 4.79 Å². The van der Waals surface area contributed by atoms with Gasteiger partial charge in [-0.2, -0.15) is 0 Å². The van der Waals surface area contributed by atoms with E-state index in [0.29, 0.717) is 28.4 Å². The molecule has 0 spiro atoms. The van der Waals surface area contributed by atoms with Gasteiger partial charge in [-0.15, -0.1) is 0 Å². The Balaban J connectivity index is 1.71. The van der Waals surface area contributed by atoms with Crippen molar-refractivity contribution >= 4 is 23.5 Å². The van der Waals surface area contributed by atoms with Gasteiger partial charge in [-0.05, 0) is 48.0 Å². The first-order chi connectivity index (χ1) is 16.4. The molecule has 9 heteroatoms.